The van der Waals surface area contributed by atoms with Gasteiger partial charge in [-0.15, -0.1) is 0 Å². The Balaban J connectivity index is 1.56. The van der Waals surface area contributed by atoms with Gasteiger partial charge in [-0.1, -0.05) is 35.0 Å². The fraction of sp³-hybridized carbons (Fsp3) is 0.462. The normalized spacial score (nSPS) is 15.6. The summed E-state index contributed by atoms with van der Waals surface area (Å²) in [4.78, 5) is 17.4. The summed E-state index contributed by atoms with van der Waals surface area (Å²) >= 11 is 6.29. The molecule has 2 aromatic rings. The number of carbonyl (C=O) groups excluding carboxylic acids is 1. The molecule has 1 aliphatic rings. The molecule has 33 heavy (non-hydrogen) atoms. The number of hydrogen-bond acceptors (Lipinski definition) is 6. The monoisotopic (exact) mass is 472 g/mol. The van der Waals surface area contributed by atoms with Gasteiger partial charge in [0, 0.05) is 6.04 Å². The highest BCUT2D eigenvalue weighted by atomic mass is 35.5. The maximum atomic E-state index is 11.8. The van der Waals surface area contributed by atoms with E-state index >= 15 is 0 Å². The van der Waals surface area contributed by atoms with E-state index in [1.54, 1.807) is 0 Å². The number of esters is 1. The van der Waals surface area contributed by atoms with E-state index in [4.69, 9.17) is 25.9 Å². The molecular formula is C26H33ClN2O4. The Morgan fingerprint density at radius 1 is 1.15 bits per heavy atom. The van der Waals surface area contributed by atoms with Crippen LogP contribution in [-0.4, -0.2) is 30.4 Å². The number of ether oxygens (including phenoxy) is 2. The molecule has 0 radical (unpaired) electrons. The van der Waals surface area contributed by atoms with Crippen LogP contribution in [0.1, 0.15) is 69.3 Å². The smallest absolute Gasteiger partial charge is 0.320 e. The van der Waals surface area contributed by atoms with Crippen molar-refractivity contribution in [2.45, 2.75) is 72.3 Å². The van der Waals surface area contributed by atoms with Gasteiger partial charge in [0.2, 0.25) is 0 Å². The number of halogens is 1. The Hall–Kier alpha value is -2.57. The van der Waals surface area contributed by atoms with E-state index in [0.29, 0.717) is 17.4 Å². The first-order valence-electron chi connectivity index (χ1n) is 11.4. The summed E-state index contributed by atoms with van der Waals surface area (Å²) in [6, 6.07) is 12.1. The Kier molecular flexibility index (Phi) is 8.75. The molecular weight excluding hydrogens is 440 g/mol. The highest BCUT2D eigenvalue weighted by molar-refractivity contribution is 6.32. The molecule has 0 bridgehead atoms. The zero-order chi connectivity index (χ0) is 24.0. The number of carbonyl (C=O) groups is 1. The van der Waals surface area contributed by atoms with Crippen LogP contribution in [0.5, 0.6) is 5.75 Å². The highest BCUT2D eigenvalue weighted by Crippen LogP contribution is 2.32. The maximum Gasteiger partial charge on any atom is 0.320 e. The van der Waals surface area contributed by atoms with Crippen molar-refractivity contribution < 1.29 is 19.1 Å². The van der Waals surface area contributed by atoms with E-state index in [-0.39, 0.29) is 30.8 Å². The summed E-state index contributed by atoms with van der Waals surface area (Å²) in [5, 5.41) is 8.16. The number of benzene rings is 2. The minimum atomic E-state index is -0.224. The molecule has 3 rings (SSSR count). The van der Waals surface area contributed by atoms with E-state index in [1.807, 2.05) is 58.9 Å². The van der Waals surface area contributed by atoms with Crippen molar-refractivity contribution in [2.24, 2.45) is 5.16 Å². The first-order valence-corrected chi connectivity index (χ1v) is 11.8. The van der Waals surface area contributed by atoms with Crippen molar-refractivity contribution in [2.75, 3.05) is 6.54 Å². The second-order valence-electron chi connectivity index (χ2n) is 8.81. The van der Waals surface area contributed by atoms with Crippen molar-refractivity contribution in [3.8, 4) is 5.75 Å². The minimum absolute atomic E-state index is 0.0663. The molecule has 0 heterocycles. The second-order valence-corrected chi connectivity index (χ2v) is 9.21. The molecule has 0 aliphatic heterocycles. The van der Waals surface area contributed by atoms with Crippen LogP contribution in [0.4, 0.5) is 0 Å². The quantitative estimate of drug-likeness (QED) is 0.277. The van der Waals surface area contributed by atoms with Gasteiger partial charge >= 0.3 is 5.97 Å². The van der Waals surface area contributed by atoms with Gasteiger partial charge < -0.3 is 19.6 Å². The molecule has 0 saturated carbocycles. The van der Waals surface area contributed by atoms with Crippen LogP contribution in [-0.2, 0) is 27.4 Å². The summed E-state index contributed by atoms with van der Waals surface area (Å²) in [6.45, 7) is 10.1. The van der Waals surface area contributed by atoms with E-state index in [1.165, 1.54) is 11.1 Å². The second kappa shape index (κ2) is 11.5. The Labute approximate surface area is 201 Å². The van der Waals surface area contributed by atoms with Gasteiger partial charge in [-0.3, -0.25) is 4.79 Å². The molecule has 7 heteroatoms. The molecule has 1 aliphatic carbocycles. The number of hydrogen-bond donors (Lipinski definition) is 1. The highest BCUT2D eigenvalue weighted by Gasteiger charge is 2.23. The Morgan fingerprint density at radius 2 is 1.94 bits per heavy atom. The minimum Gasteiger partial charge on any atom is -0.489 e. The van der Waals surface area contributed by atoms with Crippen molar-refractivity contribution in [1.29, 1.82) is 0 Å². The molecule has 6 nitrogen and oxygen atoms in total. The molecule has 1 unspecified atom stereocenters. The average molecular weight is 473 g/mol. The van der Waals surface area contributed by atoms with E-state index in [9.17, 15) is 4.79 Å². The third kappa shape index (κ3) is 7.21. The predicted octanol–water partition coefficient (Wildman–Crippen LogP) is 5.60. The topological polar surface area (TPSA) is 69.2 Å². The average Bonchev–Trinajstić information content (AvgIpc) is 3.15. The number of nitrogens with zero attached hydrogens (tertiary/aromatic N) is 1. The molecule has 0 saturated heterocycles. The van der Waals surface area contributed by atoms with Crippen molar-refractivity contribution in [3.05, 3.63) is 63.7 Å². The molecule has 1 N–H and O–H groups in total. The number of rotatable bonds is 10. The molecule has 0 amide bonds. The molecule has 2 aromatic carbocycles. The van der Waals surface area contributed by atoms with Crippen molar-refractivity contribution in [3.63, 3.8) is 0 Å². The summed E-state index contributed by atoms with van der Waals surface area (Å²) in [5.74, 6) is 0.441. The predicted molar refractivity (Wildman–Crippen MR) is 131 cm³/mol. The first-order chi connectivity index (χ1) is 15.7. The van der Waals surface area contributed by atoms with Gasteiger partial charge in [-0.2, -0.15) is 0 Å². The van der Waals surface area contributed by atoms with Crippen LogP contribution >= 0.6 is 11.6 Å². The Bertz CT molecular complexity index is 1000. The summed E-state index contributed by atoms with van der Waals surface area (Å²) in [6.07, 6.45) is 1.88. The van der Waals surface area contributed by atoms with E-state index in [2.05, 4.69) is 22.6 Å². The fourth-order valence-corrected chi connectivity index (χ4v) is 4.05. The lowest BCUT2D eigenvalue weighted by Gasteiger charge is -2.15. The fourth-order valence-electron chi connectivity index (χ4n) is 3.81. The van der Waals surface area contributed by atoms with Crippen LogP contribution in [0.25, 0.3) is 0 Å². The number of nitrogens with one attached hydrogen (secondary N) is 1. The lowest BCUT2D eigenvalue weighted by atomic mass is 10.0. The zero-order valence-electron chi connectivity index (χ0n) is 20.0. The number of fused-ring (bicyclic) bond motifs is 1. The van der Waals surface area contributed by atoms with Crippen LogP contribution in [0, 0.1) is 0 Å². The van der Waals surface area contributed by atoms with Gasteiger partial charge in [0.15, 0.2) is 0 Å². The summed E-state index contributed by atoms with van der Waals surface area (Å²) < 4.78 is 10.9. The third-order valence-corrected chi connectivity index (χ3v) is 5.59. The molecule has 0 spiro atoms. The van der Waals surface area contributed by atoms with Gasteiger partial charge in [0.25, 0.3) is 0 Å². The van der Waals surface area contributed by atoms with E-state index in [0.717, 1.165) is 29.7 Å². The first kappa shape index (κ1) is 25.1. The molecule has 1 atom stereocenters. The van der Waals surface area contributed by atoms with E-state index < -0.39 is 0 Å². The van der Waals surface area contributed by atoms with Gasteiger partial charge in [-0.05, 0) is 87.9 Å². The van der Waals surface area contributed by atoms with Crippen LogP contribution in [0.2, 0.25) is 5.02 Å². The zero-order valence-corrected chi connectivity index (χ0v) is 20.7. The molecule has 0 aromatic heterocycles. The maximum absolute atomic E-state index is 11.8. The van der Waals surface area contributed by atoms with Gasteiger partial charge in [0.1, 0.15) is 12.4 Å². The van der Waals surface area contributed by atoms with Crippen LogP contribution in [0.3, 0.4) is 0 Å². The number of aryl methyl sites for hydroxylation is 1. The van der Waals surface area contributed by atoms with Crippen molar-refractivity contribution in [1.82, 2.24) is 5.32 Å². The lowest BCUT2D eigenvalue weighted by Crippen LogP contribution is -2.29. The third-order valence-electron chi connectivity index (χ3n) is 5.29. The van der Waals surface area contributed by atoms with Crippen LogP contribution < -0.4 is 10.1 Å². The van der Waals surface area contributed by atoms with Gasteiger partial charge in [0.05, 0.1) is 29.5 Å². The van der Waals surface area contributed by atoms with Crippen LogP contribution in [0.15, 0.2) is 41.6 Å². The number of oxime groups is 1. The summed E-state index contributed by atoms with van der Waals surface area (Å²) in [7, 11) is 0. The standard InChI is InChI=1S/C26H33ClN2O4/c1-16(2)32-25-11-6-19(12-23(25)27)15-31-29-18(5)20-7-9-22-21(13-20)8-10-24(22)28-14-26(30)33-17(3)4/h6-7,9,11-13,16-17,24,28H,8,10,14-15H2,1-5H3/b29-18+. The Morgan fingerprint density at radius 3 is 2.64 bits per heavy atom. The largest absolute Gasteiger partial charge is 0.489 e. The molecule has 0 fully saturated rings. The summed E-state index contributed by atoms with van der Waals surface area (Å²) in [5.41, 5.74) is 5.24. The van der Waals surface area contributed by atoms with Crippen molar-refractivity contribution >= 4 is 23.3 Å². The SMILES string of the molecule is C/C(=N\OCc1ccc(OC(C)C)c(Cl)c1)c1ccc2c(c1)CCC2NCC(=O)OC(C)C. The lowest BCUT2D eigenvalue weighted by molar-refractivity contribution is -0.146. The molecule has 178 valence electrons. The van der Waals surface area contributed by atoms with Gasteiger partial charge in [-0.25, -0.2) is 0 Å².